The van der Waals surface area contributed by atoms with Gasteiger partial charge in [-0.2, -0.15) is 0 Å². The molecule has 0 spiro atoms. The van der Waals surface area contributed by atoms with Crippen LogP contribution in [0.4, 0.5) is 0 Å². The molecule has 0 heterocycles. The summed E-state index contributed by atoms with van der Waals surface area (Å²) >= 11 is 0. The van der Waals surface area contributed by atoms with Crippen LogP contribution in [0.2, 0.25) is 0 Å². The summed E-state index contributed by atoms with van der Waals surface area (Å²) in [7, 11) is 0. The summed E-state index contributed by atoms with van der Waals surface area (Å²) in [6.07, 6.45) is 59.5. The molecule has 0 amide bonds. The van der Waals surface area contributed by atoms with Gasteiger partial charge in [0.05, 0.1) is 0 Å². The number of allylic oxidation sites excluding steroid dienone is 10. The third-order valence-electron chi connectivity index (χ3n) is 10.8. The highest BCUT2D eigenvalue weighted by atomic mass is 16.6. The van der Waals surface area contributed by atoms with Gasteiger partial charge in [0.15, 0.2) is 6.10 Å². The van der Waals surface area contributed by atoms with Gasteiger partial charge in [-0.25, -0.2) is 0 Å². The van der Waals surface area contributed by atoms with Crippen molar-refractivity contribution in [2.45, 2.75) is 252 Å². The smallest absolute Gasteiger partial charge is 0.306 e. The predicted octanol–water partition coefficient (Wildman–Crippen LogP) is 16.5. The SMILES string of the molecule is CC/C=C\C/C=C\C/C=C\C/C=C\C/C=C\CCCCCCCC(=O)OCC(COC(=O)CCCCCCC)OC(=O)CCCCCCCCCCCCCCCCCC. The Kier molecular flexibility index (Phi) is 46.4. The first kappa shape index (κ1) is 57.1. The minimum absolute atomic E-state index is 0.0797. The summed E-state index contributed by atoms with van der Waals surface area (Å²) in [5, 5.41) is 0. The van der Waals surface area contributed by atoms with Crippen LogP contribution in [0.1, 0.15) is 245 Å². The Morgan fingerprint density at radius 3 is 1.02 bits per heavy atom. The summed E-state index contributed by atoms with van der Waals surface area (Å²) < 4.78 is 16.7. The van der Waals surface area contributed by atoms with Crippen molar-refractivity contribution in [3.63, 3.8) is 0 Å². The molecule has 0 aromatic rings. The largest absolute Gasteiger partial charge is 0.462 e. The summed E-state index contributed by atoms with van der Waals surface area (Å²) in [6.45, 7) is 6.43. The Balaban J connectivity index is 4.20. The van der Waals surface area contributed by atoms with Crippen LogP contribution in [0.15, 0.2) is 60.8 Å². The average Bonchev–Trinajstić information content (AvgIpc) is 3.24. The fraction of sp³-hybridized carbons (Fsp3) is 0.759. The van der Waals surface area contributed by atoms with Gasteiger partial charge in [-0.3, -0.25) is 14.4 Å². The van der Waals surface area contributed by atoms with E-state index >= 15 is 0 Å². The Morgan fingerprint density at radius 2 is 0.650 bits per heavy atom. The van der Waals surface area contributed by atoms with Crippen molar-refractivity contribution in [3.8, 4) is 0 Å². The molecule has 6 nitrogen and oxygen atoms in total. The second-order valence-electron chi connectivity index (χ2n) is 16.7. The van der Waals surface area contributed by atoms with E-state index in [1.807, 2.05) is 0 Å². The lowest BCUT2D eigenvalue weighted by molar-refractivity contribution is -0.167. The maximum atomic E-state index is 12.7. The van der Waals surface area contributed by atoms with Gasteiger partial charge in [-0.1, -0.05) is 223 Å². The summed E-state index contributed by atoms with van der Waals surface area (Å²) in [4.78, 5) is 37.6. The van der Waals surface area contributed by atoms with Crippen LogP contribution in [0.25, 0.3) is 0 Å². The molecular formula is C54H94O6. The van der Waals surface area contributed by atoms with Crippen molar-refractivity contribution in [2.75, 3.05) is 13.2 Å². The van der Waals surface area contributed by atoms with Crippen molar-refractivity contribution in [2.24, 2.45) is 0 Å². The van der Waals surface area contributed by atoms with Crippen molar-refractivity contribution in [1.82, 2.24) is 0 Å². The quantitative estimate of drug-likeness (QED) is 0.0263. The number of carbonyl (C=O) groups excluding carboxylic acids is 3. The van der Waals surface area contributed by atoms with Crippen LogP contribution >= 0.6 is 0 Å². The number of rotatable bonds is 45. The number of ether oxygens (including phenoxy) is 3. The van der Waals surface area contributed by atoms with Crippen LogP contribution in [0.3, 0.4) is 0 Å². The third kappa shape index (κ3) is 46.2. The molecule has 0 N–H and O–H groups in total. The van der Waals surface area contributed by atoms with Crippen molar-refractivity contribution >= 4 is 17.9 Å². The van der Waals surface area contributed by atoms with Gasteiger partial charge < -0.3 is 14.2 Å². The highest BCUT2D eigenvalue weighted by molar-refractivity contribution is 5.71. The monoisotopic (exact) mass is 839 g/mol. The Morgan fingerprint density at radius 1 is 0.350 bits per heavy atom. The highest BCUT2D eigenvalue weighted by Crippen LogP contribution is 2.15. The van der Waals surface area contributed by atoms with Gasteiger partial charge in [0.1, 0.15) is 13.2 Å². The summed E-state index contributed by atoms with van der Waals surface area (Å²) in [5.74, 6) is -0.908. The van der Waals surface area contributed by atoms with Gasteiger partial charge >= 0.3 is 17.9 Å². The normalized spacial score (nSPS) is 12.5. The molecule has 0 saturated heterocycles. The zero-order valence-electron chi connectivity index (χ0n) is 39.5. The molecule has 0 saturated carbocycles. The van der Waals surface area contributed by atoms with Crippen LogP contribution in [-0.4, -0.2) is 37.2 Å². The molecule has 6 heteroatoms. The minimum atomic E-state index is -0.775. The lowest BCUT2D eigenvalue weighted by Crippen LogP contribution is -2.30. The average molecular weight is 839 g/mol. The van der Waals surface area contributed by atoms with Crippen LogP contribution < -0.4 is 0 Å². The van der Waals surface area contributed by atoms with Crippen LogP contribution in [-0.2, 0) is 28.6 Å². The standard InChI is InChI=1S/C54H94O6/c1-4-7-10-13-15-17-19-21-23-25-26-27-28-29-31-32-34-36-38-41-44-47-53(56)59-50-51(49-58-52(55)46-43-40-12-9-6-3)60-54(57)48-45-42-39-37-35-33-30-24-22-20-18-16-14-11-8-5-2/h7,10,15,17,21,23,26-27,29,31,51H,4-6,8-9,11-14,16,18-20,22,24-25,28,30,32-50H2,1-3H3/b10-7-,17-15-,23-21-,27-26-,31-29-. The van der Waals surface area contributed by atoms with E-state index in [1.54, 1.807) is 0 Å². The number of carbonyl (C=O) groups is 3. The maximum absolute atomic E-state index is 12.7. The van der Waals surface area contributed by atoms with E-state index in [1.165, 1.54) is 89.9 Å². The van der Waals surface area contributed by atoms with Gasteiger partial charge in [0, 0.05) is 19.3 Å². The molecule has 1 atom stereocenters. The van der Waals surface area contributed by atoms with Gasteiger partial charge in [0.2, 0.25) is 0 Å². The van der Waals surface area contributed by atoms with Crippen LogP contribution in [0.5, 0.6) is 0 Å². The molecule has 60 heavy (non-hydrogen) atoms. The molecule has 0 aromatic heterocycles. The van der Waals surface area contributed by atoms with E-state index in [0.717, 1.165) is 116 Å². The molecule has 0 aliphatic carbocycles. The minimum Gasteiger partial charge on any atom is -0.462 e. The van der Waals surface area contributed by atoms with Crippen molar-refractivity contribution < 1.29 is 28.6 Å². The van der Waals surface area contributed by atoms with E-state index in [0.29, 0.717) is 19.3 Å². The van der Waals surface area contributed by atoms with Gasteiger partial charge in [0.25, 0.3) is 0 Å². The van der Waals surface area contributed by atoms with Gasteiger partial charge in [-0.05, 0) is 64.2 Å². The molecule has 346 valence electrons. The number of unbranched alkanes of at least 4 members (excludes halogenated alkanes) is 24. The topological polar surface area (TPSA) is 78.9 Å². The summed E-state index contributed by atoms with van der Waals surface area (Å²) in [5.41, 5.74) is 0. The number of hydrogen-bond acceptors (Lipinski definition) is 6. The van der Waals surface area contributed by atoms with Gasteiger partial charge in [-0.15, -0.1) is 0 Å². The molecular weight excluding hydrogens is 745 g/mol. The predicted molar refractivity (Wildman–Crippen MR) is 256 cm³/mol. The second-order valence-corrected chi connectivity index (χ2v) is 16.7. The Bertz CT molecular complexity index is 1100. The fourth-order valence-corrected chi connectivity index (χ4v) is 7.00. The van der Waals surface area contributed by atoms with Crippen molar-refractivity contribution in [3.05, 3.63) is 60.8 Å². The maximum Gasteiger partial charge on any atom is 0.306 e. The first-order chi connectivity index (χ1) is 29.5. The number of esters is 3. The molecule has 0 aliphatic heterocycles. The molecule has 0 radical (unpaired) electrons. The van der Waals surface area contributed by atoms with E-state index in [9.17, 15) is 14.4 Å². The molecule has 0 aliphatic rings. The first-order valence-electron chi connectivity index (χ1n) is 25.3. The van der Waals surface area contributed by atoms with E-state index in [-0.39, 0.29) is 31.1 Å². The molecule has 1 unspecified atom stereocenters. The van der Waals surface area contributed by atoms with E-state index < -0.39 is 6.10 Å². The molecule has 0 rings (SSSR count). The Hall–Kier alpha value is -2.89. The number of hydrogen-bond donors (Lipinski definition) is 0. The van der Waals surface area contributed by atoms with E-state index in [2.05, 4.69) is 81.5 Å². The highest BCUT2D eigenvalue weighted by Gasteiger charge is 2.19. The fourth-order valence-electron chi connectivity index (χ4n) is 7.00. The second kappa shape index (κ2) is 48.8. The third-order valence-corrected chi connectivity index (χ3v) is 10.8. The molecule has 0 aromatic carbocycles. The lowest BCUT2D eigenvalue weighted by atomic mass is 10.0. The van der Waals surface area contributed by atoms with Crippen LogP contribution in [0, 0.1) is 0 Å². The zero-order chi connectivity index (χ0) is 43.7. The zero-order valence-corrected chi connectivity index (χ0v) is 39.5. The lowest BCUT2D eigenvalue weighted by Gasteiger charge is -2.18. The summed E-state index contributed by atoms with van der Waals surface area (Å²) in [6, 6.07) is 0. The van der Waals surface area contributed by atoms with E-state index in [4.69, 9.17) is 14.2 Å². The van der Waals surface area contributed by atoms with Crippen molar-refractivity contribution in [1.29, 1.82) is 0 Å². The molecule has 0 bridgehead atoms. The molecule has 0 fully saturated rings. The Labute approximate surface area is 370 Å². The first-order valence-corrected chi connectivity index (χ1v) is 25.3.